The molecule has 0 N–H and O–H groups in total. The summed E-state index contributed by atoms with van der Waals surface area (Å²) in [5.74, 6) is -0.313. The van der Waals surface area contributed by atoms with Gasteiger partial charge in [-0.05, 0) is 19.1 Å². The van der Waals surface area contributed by atoms with Gasteiger partial charge in [0.1, 0.15) is 5.75 Å². The maximum atomic E-state index is 11.2. The van der Waals surface area contributed by atoms with Crippen molar-refractivity contribution in [2.24, 2.45) is 0 Å². The fourth-order valence-electron chi connectivity index (χ4n) is 1.38. The first-order chi connectivity index (χ1) is 9.01. The van der Waals surface area contributed by atoms with Gasteiger partial charge in [-0.3, -0.25) is 10.1 Å². The van der Waals surface area contributed by atoms with E-state index < -0.39 is 10.9 Å². The number of carbonyl (C=O) groups is 1. The van der Waals surface area contributed by atoms with E-state index in [2.05, 4.69) is 0 Å². The molecule has 0 saturated heterocycles. The highest BCUT2D eigenvalue weighted by molar-refractivity contribution is 6.34. The van der Waals surface area contributed by atoms with Crippen LogP contribution in [0.2, 0.25) is 5.02 Å². The number of esters is 1. The quantitative estimate of drug-likeness (QED) is 0.360. The van der Waals surface area contributed by atoms with E-state index in [-0.39, 0.29) is 28.6 Å². The second-order valence-corrected chi connectivity index (χ2v) is 3.74. The van der Waals surface area contributed by atoms with Crippen molar-refractivity contribution in [2.45, 2.75) is 6.92 Å². The third-order valence-corrected chi connectivity index (χ3v) is 2.60. The lowest BCUT2D eigenvalue weighted by atomic mass is 10.1. The SMILES string of the molecule is CCOC(=O)/C=C/c1c([N+](=O)[O-])ccc(OC)c1Cl. The maximum absolute atomic E-state index is 11.2. The molecule has 0 amide bonds. The van der Waals surface area contributed by atoms with Crippen molar-refractivity contribution in [1.29, 1.82) is 0 Å². The van der Waals surface area contributed by atoms with Crippen LogP contribution in [0.4, 0.5) is 5.69 Å². The lowest BCUT2D eigenvalue weighted by Crippen LogP contribution is -1.99. The summed E-state index contributed by atoms with van der Waals surface area (Å²) in [6.45, 7) is 1.88. The first-order valence-electron chi connectivity index (χ1n) is 5.37. The Morgan fingerprint density at radius 3 is 2.74 bits per heavy atom. The number of benzene rings is 1. The number of methoxy groups -OCH3 is 1. The largest absolute Gasteiger partial charge is 0.495 e. The number of ether oxygens (including phenoxy) is 2. The predicted octanol–water partition coefficient (Wildman–Crippen LogP) is 2.83. The lowest BCUT2D eigenvalue weighted by Gasteiger charge is -2.06. The van der Waals surface area contributed by atoms with Gasteiger partial charge >= 0.3 is 5.97 Å². The highest BCUT2D eigenvalue weighted by atomic mass is 35.5. The normalized spacial score (nSPS) is 10.5. The fourth-order valence-corrected chi connectivity index (χ4v) is 1.68. The van der Waals surface area contributed by atoms with Crippen LogP contribution in [0.15, 0.2) is 18.2 Å². The first-order valence-corrected chi connectivity index (χ1v) is 5.74. The number of halogens is 1. The van der Waals surface area contributed by atoms with Crippen LogP contribution in [-0.2, 0) is 9.53 Å². The summed E-state index contributed by atoms with van der Waals surface area (Å²) >= 11 is 5.99. The second kappa shape index (κ2) is 6.75. The first kappa shape index (κ1) is 15.0. The summed E-state index contributed by atoms with van der Waals surface area (Å²) < 4.78 is 9.66. The number of nitrogens with zero attached hydrogens (tertiary/aromatic N) is 1. The smallest absolute Gasteiger partial charge is 0.330 e. The molecule has 0 spiro atoms. The summed E-state index contributed by atoms with van der Waals surface area (Å²) in [6.07, 6.45) is 2.32. The highest BCUT2D eigenvalue weighted by Gasteiger charge is 2.18. The Morgan fingerprint density at radius 1 is 1.53 bits per heavy atom. The van der Waals surface area contributed by atoms with E-state index in [4.69, 9.17) is 21.1 Å². The minimum Gasteiger partial charge on any atom is -0.495 e. The molecule has 19 heavy (non-hydrogen) atoms. The van der Waals surface area contributed by atoms with Crippen molar-refractivity contribution < 1.29 is 19.2 Å². The number of hydrogen-bond acceptors (Lipinski definition) is 5. The topological polar surface area (TPSA) is 78.7 Å². The lowest BCUT2D eigenvalue weighted by molar-refractivity contribution is -0.385. The molecular weight excluding hydrogens is 274 g/mol. The van der Waals surface area contributed by atoms with Crippen molar-refractivity contribution in [3.05, 3.63) is 38.9 Å². The summed E-state index contributed by atoms with van der Waals surface area (Å²) in [6, 6.07) is 2.65. The van der Waals surface area contributed by atoms with E-state index in [1.54, 1.807) is 6.92 Å². The maximum Gasteiger partial charge on any atom is 0.330 e. The Hall–Kier alpha value is -2.08. The van der Waals surface area contributed by atoms with E-state index in [1.807, 2.05) is 0 Å². The Balaban J connectivity index is 3.22. The molecule has 0 radical (unpaired) electrons. The van der Waals surface area contributed by atoms with E-state index in [9.17, 15) is 14.9 Å². The molecule has 0 bridgehead atoms. The van der Waals surface area contributed by atoms with Crippen LogP contribution < -0.4 is 4.74 Å². The molecule has 102 valence electrons. The molecule has 0 aliphatic carbocycles. The minimum atomic E-state index is -0.601. The van der Waals surface area contributed by atoms with Crippen LogP contribution >= 0.6 is 11.6 Å². The number of hydrogen-bond donors (Lipinski definition) is 0. The molecule has 0 unspecified atom stereocenters. The van der Waals surface area contributed by atoms with Gasteiger partial charge in [-0.15, -0.1) is 0 Å². The molecule has 7 heteroatoms. The molecule has 0 saturated carbocycles. The van der Waals surface area contributed by atoms with E-state index in [1.165, 1.54) is 25.3 Å². The van der Waals surface area contributed by atoms with E-state index in [0.717, 1.165) is 6.08 Å². The fraction of sp³-hybridized carbons (Fsp3) is 0.250. The molecule has 0 aliphatic rings. The van der Waals surface area contributed by atoms with Crippen LogP contribution in [-0.4, -0.2) is 24.6 Å². The van der Waals surface area contributed by atoms with Gasteiger partial charge in [-0.2, -0.15) is 0 Å². The van der Waals surface area contributed by atoms with E-state index in [0.29, 0.717) is 0 Å². The third-order valence-electron chi connectivity index (χ3n) is 2.21. The van der Waals surface area contributed by atoms with Crippen molar-refractivity contribution >= 4 is 29.3 Å². The minimum absolute atomic E-state index is 0.0669. The molecule has 0 aromatic heterocycles. The molecule has 1 rings (SSSR count). The number of carbonyl (C=O) groups excluding carboxylic acids is 1. The third kappa shape index (κ3) is 3.69. The highest BCUT2D eigenvalue weighted by Crippen LogP contribution is 2.35. The van der Waals surface area contributed by atoms with Gasteiger partial charge in [-0.25, -0.2) is 4.79 Å². The van der Waals surface area contributed by atoms with Crippen molar-refractivity contribution in [3.63, 3.8) is 0 Å². The van der Waals surface area contributed by atoms with Gasteiger partial charge in [0.15, 0.2) is 0 Å². The Labute approximate surface area is 114 Å². The van der Waals surface area contributed by atoms with Crippen molar-refractivity contribution in [1.82, 2.24) is 0 Å². The number of nitro benzene ring substituents is 1. The molecule has 1 aromatic carbocycles. The summed E-state index contributed by atoms with van der Waals surface area (Å²) in [5.41, 5.74) is -0.120. The van der Waals surface area contributed by atoms with Crippen LogP contribution in [0.3, 0.4) is 0 Å². The van der Waals surface area contributed by atoms with Gasteiger partial charge in [0, 0.05) is 12.1 Å². The molecule has 0 atom stereocenters. The van der Waals surface area contributed by atoms with Crippen LogP contribution in [0.1, 0.15) is 12.5 Å². The molecule has 1 aromatic rings. The predicted molar refractivity (Wildman–Crippen MR) is 70.3 cm³/mol. The Bertz CT molecular complexity index is 527. The zero-order valence-corrected chi connectivity index (χ0v) is 11.1. The van der Waals surface area contributed by atoms with Crippen LogP contribution in [0.5, 0.6) is 5.75 Å². The molecular formula is C12H12ClNO5. The van der Waals surface area contributed by atoms with Gasteiger partial charge in [0.25, 0.3) is 5.69 Å². The Morgan fingerprint density at radius 2 is 2.21 bits per heavy atom. The Kier molecular flexibility index (Phi) is 5.32. The monoisotopic (exact) mass is 285 g/mol. The average molecular weight is 286 g/mol. The summed E-state index contributed by atoms with van der Waals surface area (Å²) in [4.78, 5) is 21.5. The molecule has 0 heterocycles. The van der Waals surface area contributed by atoms with Gasteiger partial charge < -0.3 is 9.47 Å². The number of rotatable bonds is 5. The van der Waals surface area contributed by atoms with E-state index >= 15 is 0 Å². The molecule has 6 nitrogen and oxygen atoms in total. The second-order valence-electron chi connectivity index (χ2n) is 3.36. The standard InChI is InChI=1S/C12H12ClNO5/c1-3-19-11(15)7-4-8-9(14(16)17)5-6-10(18-2)12(8)13/h4-7H,3H2,1-2H3/b7-4+. The van der Waals surface area contributed by atoms with Crippen molar-refractivity contribution in [3.8, 4) is 5.75 Å². The molecule has 0 fully saturated rings. The average Bonchev–Trinajstić information content (AvgIpc) is 2.37. The van der Waals surface area contributed by atoms with Gasteiger partial charge in [0.05, 0.1) is 29.2 Å². The zero-order chi connectivity index (χ0) is 14.4. The summed E-state index contributed by atoms with van der Waals surface area (Å²) in [7, 11) is 1.39. The van der Waals surface area contributed by atoms with Crippen molar-refractivity contribution in [2.75, 3.05) is 13.7 Å². The van der Waals surface area contributed by atoms with Crippen LogP contribution in [0.25, 0.3) is 6.08 Å². The summed E-state index contributed by atoms with van der Waals surface area (Å²) in [5, 5.41) is 11.0. The van der Waals surface area contributed by atoms with Gasteiger partial charge in [0.2, 0.25) is 0 Å². The zero-order valence-electron chi connectivity index (χ0n) is 10.4. The number of nitro groups is 1. The molecule has 0 aliphatic heterocycles. The van der Waals surface area contributed by atoms with Crippen LogP contribution in [0, 0.1) is 10.1 Å². The van der Waals surface area contributed by atoms with Gasteiger partial charge in [-0.1, -0.05) is 11.6 Å².